The molecular weight excluding hydrogens is 380 g/mol. The second-order valence-corrected chi connectivity index (χ2v) is 6.95. The number of hydrogen-bond donors (Lipinski definition) is 1. The van der Waals surface area contributed by atoms with Crippen LogP contribution in [0.25, 0.3) is 0 Å². The van der Waals surface area contributed by atoms with Crippen molar-refractivity contribution < 1.29 is 24.2 Å². The van der Waals surface area contributed by atoms with Crippen molar-refractivity contribution >= 4 is 34.8 Å². The molecule has 1 aromatic heterocycles. The lowest BCUT2D eigenvalue weighted by molar-refractivity contribution is -0.138. The first kappa shape index (κ1) is 18.5. The van der Waals surface area contributed by atoms with Crippen LogP contribution in [0.4, 0.5) is 0 Å². The van der Waals surface area contributed by atoms with Gasteiger partial charge in [0, 0.05) is 6.54 Å². The first-order valence-corrected chi connectivity index (χ1v) is 9.08. The lowest BCUT2D eigenvalue weighted by atomic mass is 9.90. The van der Waals surface area contributed by atoms with E-state index in [1.54, 1.807) is 18.1 Å². The van der Waals surface area contributed by atoms with E-state index in [-0.39, 0.29) is 17.5 Å². The molecule has 1 aromatic carbocycles. The highest BCUT2D eigenvalue weighted by Gasteiger charge is 2.35. The van der Waals surface area contributed by atoms with Gasteiger partial charge in [0.2, 0.25) is 0 Å². The van der Waals surface area contributed by atoms with Gasteiger partial charge in [-0.25, -0.2) is 4.98 Å². The molecule has 7 nitrogen and oxygen atoms in total. The van der Waals surface area contributed by atoms with Crippen LogP contribution in [0.2, 0.25) is 5.15 Å². The fraction of sp³-hybridized carbons (Fsp3) is 0.353. The van der Waals surface area contributed by atoms with Crippen LogP contribution in [-0.4, -0.2) is 47.6 Å². The van der Waals surface area contributed by atoms with Crippen molar-refractivity contribution in [3.63, 3.8) is 0 Å². The van der Waals surface area contributed by atoms with Crippen LogP contribution >= 0.6 is 22.9 Å². The number of hydrogen-bond acceptors (Lipinski definition) is 6. The molecule has 9 heteroatoms. The van der Waals surface area contributed by atoms with Gasteiger partial charge in [0.05, 0.1) is 32.2 Å². The van der Waals surface area contributed by atoms with Crippen LogP contribution in [0, 0.1) is 0 Å². The monoisotopic (exact) mass is 396 g/mol. The normalized spacial score (nSPS) is 16.1. The van der Waals surface area contributed by atoms with Gasteiger partial charge in [-0.05, 0) is 29.7 Å². The molecule has 1 N–H and O–H groups in total. The number of halogens is 1. The number of rotatable bonds is 5. The van der Waals surface area contributed by atoms with E-state index in [1.807, 2.05) is 6.07 Å². The van der Waals surface area contributed by atoms with Gasteiger partial charge >= 0.3 is 5.97 Å². The second-order valence-electron chi connectivity index (χ2n) is 5.74. The minimum absolute atomic E-state index is 0.132. The lowest BCUT2D eigenvalue weighted by Crippen LogP contribution is -2.40. The van der Waals surface area contributed by atoms with Crippen molar-refractivity contribution in [3.8, 4) is 11.5 Å². The van der Waals surface area contributed by atoms with E-state index in [4.69, 9.17) is 21.1 Å². The summed E-state index contributed by atoms with van der Waals surface area (Å²) in [4.78, 5) is 30.1. The van der Waals surface area contributed by atoms with Gasteiger partial charge in [0.15, 0.2) is 16.7 Å². The van der Waals surface area contributed by atoms with E-state index in [0.29, 0.717) is 29.3 Å². The molecule has 0 aliphatic carbocycles. The van der Waals surface area contributed by atoms with Crippen molar-refractivity contribution in [2.24, 2.45) is 0 Å². The summed E-state index contributed by atoms with van der Waals surface area (Å²) in [6.45, 7) is 0.382. The number of methoxy groups -OCH3 is 2. The van der Waals surface area contributed by atoms with E-state index in [0.717, 1.165) is 22.5 Å². The third-order valence-corrected chi connectivity index (χ3v) is 5.56. The number of aromatic nitrogens is 1. The number of amides is 1. The third kappa shape index (κ3) is 3.34. The van der Waals surface area contributed by atoms with E-state index in [2.05, 4.69) is 4.98 Å². The molecule has 1 aliphatic heterocycles. The summed E-state index contributed by atoms with van der Waals surface area (Å²) in [6.07, 6.45) is 0.360. The number of fused-ring (bicyclic) bond motifs is 1. The Kier molecular flexibility index (Phi) is 5.33. The Morgan fingerprint density at radius 2 is 2.04 bits per heavy atom. The molecule has 1 unspecified atom stereocenters. The molecule has 1 amide bonds. The maximum absolute atomic E-state index is 12.9. The number of aliphatic carboxylic acids is 1. The number of carboxylic acids is 1. The van der Waals surface area contributed by atoms with Gasteiger partial charge in [0.1, 0.15) is 4.88 Å². The van der Waals surface area contributed by atoms with Gasteiger partial charge in [-0.1, -0.05) is 11.6 Å². The molecule has 3 rings (SSSR count). The fourth-order valence-electron chi connectivity index (χ4n) is 3.16. The maximum atomic E-state index is 12.9. The molecule has 26 heavy (non-hydrogen) atoms. The molecule has 1 aliphatic rings. The van der Waals surface area contributed by atoms with Crippen LogP contribution in [0.5, 0.6) is 11.5 Å². The zero-order valence-electron chi connectivity index (χ0n) is 14.2. The third-order valence-electron chi connectivity index (χ3n) is 4.35. The quantitative estimate of drug-likeness (QED) is 0.835. The Hall–Kier alpha value is -2.32. The van der Waals surface area contributed by atoms with Gasteiger partial charge in [0.25, 0.3) is 5.91 Å². The highest BCUT2D eigenvalue weighted by atomic mass is 35.5. The minimum atomic E-state index is -0.995. The molecule has 0 radical (unpaired) electrons. The summed E-state index contributed by atoms with van der Waals surface area (Å²) in [7, 11) is 3.06. The van der Waals surface area contributed by atoms with Crippen LogP contribution in [-0.2, 0) is 11.2 Å². The summed E-state index contributed by atoms with van der Waals surface area (Å²) >= 11 is 7.13. The van der Waals surface area contributed by atoms with Gasteiger partial charge < -0.3 is 19.5 Å². The van der Waals surface area contributed by atoms with Crippen LogP contribution in [0.1, 0.15) is 33.3 Å². The van der Waals surface area contributed by atoms with E-state index < -0.39 is 12.0 Å². The standard InChI is InChI=1S/C17H17ClN2O5S/c1-24-12-5-9-3-4-20(17(23)15-16(18)19-8-26-15)11(7-14(21)22)10(9)6-13(12)25-2/h5-6,8,11H,3-4,7H2,1-2H3,(H,21,22). The van der Waals surface area contributed by atoms with Gasteiger partial charge in [-0.15, -0.1) is 11.3 Å². The smallest absolute Gasteiger partial charge is 0.305 e. The largest absolute Gasteiger partial charge is 0.493 e. The van der Waals surface area contributed by atoms with E-state index in [9.17, 15) is 14.7 Å². The molecule has 2 aromatic rings. The Balaban J connectivity index is 2.05. The topological polar surface area (TPSA) is 89.0 Å². The second kappa shape index (κ2) is 7.51. The molecule has 0 saturated carbocycles. The zero-order valence-corrected chi connectivity index (χ0v) is 15.8. The van der Waals surface area contributed by atoms with Gasteiger partial charge in [-0.2, -0.15) is 0 Å². The van der Waals surface area contributed by atoms with Crippen LogP contribution < -0.4 is 9.47 Å². The number of carbonyl (C=O) groups excluding carboxylic acids is 1. The Morgan fingerprint density at radius 1 is 1.35 bits per heavy atom. The molecule has 0 saturated heterocycles. The van der Waals surface area contributed by atoms with Crippen LogP contribution in [0.15, 0.2) is 17.6 Å². The molecular formula is C17H17ClN2O5S. The number of carbonyl (C=O) groups is 2. The Morgan fingerprint density at radius 3 is 2.62 bits per heavy atom. The Bertz CT molecular complexity index is 854. The summed E-state index contributed by atoms with van der Waals surface area (Å²) in [5, 5.41) is 9.51. The number of ether oxygens (including phenoxy) is 2. The summed E-state index contributed by atoms with van der Waals surface area (Å²) in [5.74, 6) is -0.243. The number of carboxylic acid groups (broad SMARTS) is 1. The lowest BCUT2D eigenvalue weighted by Gasteiger charge is -2.37. The van der Waals surface area contributed by atoms with Crippen LogP contribution in [0.3, 0.4) is 0 Å². The first-order valence-electron chi connectivity index (χ1n) is 7.82. The molecule has 0 fully saturated rings. The number of nitrogens with zero attached hydrogens (tertiary/aromatic N) is 2. The summed E-state index contributed by atoms with van der Waals surface area (Å²) in [6, 6.07) is 2.96. The Labute approximate surface area is 159 Å². The highest BCUT2D eigenvalue weighted by molar-refractivity contribution is 7.12. The summed E-state index contributed by atoms with van der Waals surface area (Å²) in [5.41, 5.74) is 3.17. The molecule has 138 valence electrons. The van der Waals surface area contributed by atoms with Crippen molar-refractivity contribution in [3.05, 3.63) is 38.8 Å². The van der Waals surface area contributed by atoms with E-state index in [1.165, 1.54) is 12.6 Å². The van der Waals surface area contributed by atoms with Crippen molar-refractivity contribution in [2.45, 2.75) is 18.9 Å². The summed E-state index contributed by atoms with van der Waals surface area (Å²) < 4.78 is 10.7. The average Bonchev–Trinajstić information content (AvgIpc) is 3.05. The first-order chi connectivity index (χ1) is 12.5. The van der Waals surface area contributed by atoms with E-state index >= 15 is 0 Å². The predicted molar refractivity (Wildman–Crippen MR) is 96.4 cm³/mol. The SMILES string of the molecule is COc1cc2c(cc1OC)C(CC(=O)O)N(C(=O)c1scnc1Cl)CC2. The van der Waals surface area contributed by atoms with Crippen molar-refractivity contribution in [2.75, 3.05) is 20.8 Å². The van der Waals surface area contributed by atoms with Crippen molar-refractivity contribution in [1.82, 2.24) is 9.88 Å². The number of benzene rings is 1. The zero-order chi connectivity index (χ0) is 18.8. The number of thiazole rings is 1. The minimum Gasteiger partial charge on any atom is -0.493 e. The van der Waals surface area contributed by atoms with Gasteiger partial charge in [-0.3, -0.25) is 9.59 Å². The molecule has 0 bridgehead atoms. The maximum Gasteiger partial charge on any atom is 0.305 e. The average molecular weight is 397 g/mol. The predicted octanol–water partition coefficient (Wildman–Crippen LogP) is 3.03. The molecule has 1 atom stereocenters. The highest BCUT2D eigenvalue weighted by Crippen LogP contribution is 2.40. The fourth-order valence-corrected chi connectivity index (χ4v) is 4.11. The molecule has 2 heterocycles. The molecule has 0 spiro atoms. The van der Waals surface area contributed by atoms with Crippen molar-refractivity contribution in [1.29, 1.82) is 0 Å².